The maximum Gasteiger partial charge on any atom is 0.305 e. The lowest BCUT2D eigenvalue weighted by Gasteiger charge is -2.20. The Balaban J connectivity index is 2.97. The number of hydrogen-bond donors (Lipinski definition) is 1. The highest BCUT2D eigenvalue weighted by atomic mass is 19.1. The number of hydrogen-bond acceptors (Lipinski definition) is 2. The summed E-state index contributed by atoms with van der Waals surface area (Å²) in [5, 5.41) is 8.51. The molecular weight excluding hydrogens is 232 g/mol. The van der Waals surface area contributed by atoms with E-state index < -0.39 is 23.5 Å². The summed E-state index contributed by atoms with van der Waals surface area (Å²) in [6, 6.07) is 2.76. The summed E-state index contributed by atoms with van der Waals surface area (Å²) in [5.41, 5.74) is -0.125. The minimum atomic E-state index is -1.10. The number of nitrogens with zero attached hydrogens (tertiary/aromatic N) is 1. The number of carbonyl (C=O) groups is 2. The number of benzene rings is 1. The molecule has 1 aromatic rings. The van der Waals surface area contributed by atoms with Crippen molar-refractivity contribution in [2.75, 3.05) is 11.4 Å². The molecule has 0 spiro atoms. The molecule has 0 heterocycles. The van der Waals surface area contributed by atoms with Crippen LogP contribution in [0, 0.1) is 11.6 Å². The summed E-state index contributed by atoms with van der Waals surface area (Å²) < 4.78 is 26.1. The van der Waals surface area contributed by atoms with E-state index in [2.05, 4.69) is 0 Å². The predicted molar refractivity (Wildman–Crippen MR) is 56.6 cm³/mol. The van der Waals surface area contributed by atoms with Crippen LogP contribution >= 0.6 is 0 Å². The van der Waals surface area contributed by atoms with E-state index in [0.29, 0.717) is 6.07 Å². The number of amides is 1. The lowest BCUT2D eigenvalue weighted by Crippen LogP contribution is -2.31. The molecular formula is C11H11F2NO3. The molecule has 0 fully saturated rings. The van der Waals surface area contributed by atoms with Crippen LogP contribution in [-0.4, -0.2) is 23.5 Å². The molecule has 0 bridgehead atoms. The fraction of sp³-hybridized carbons (Fsp3) is 0.273. The van der Waals surface area contributed by atoms with Gasteiger partial charge in [0.15, 0.2) is 0 Å². The molecule has 0 aliphatic carbocycles. The van der Waals surface area contributed by atoms with Crippen LogP contribution < -0.4 is 4.90 Å². The van der Waals surface area contributed by atoms with Crippen molar-refractivity contribution >= 4 is 17.6 Å². The van der Waals surface area contributed by atoms with Crippen LogP contribution in [0.2, 0.25) is 0 Å². The molecule has 1 amide bonds. The summed E-state index contributed by atoms with van der Waals surface area (Å²) >= 11 is 0. The molecule has 1 aromatic carbocycles. The van der Waals surface area contributed by atoms with Gasteiger partial charge >= 0.3 is 5.97 Å². The van der Waals surface area contributed by atoms with Gasteiger partial charge < -0.3 is 10.0 Å². The maximum atomic E-state index is 13.4. The molecule has 1 N–H and O–H groups in total. The third-order valence-corrected chi connectivity index (χ3v) is 2.13. The smallest absolute Gasteiger partial charge is 0.305 e. The van der Waals surface area contributed by atoms with Gasteiger partial charge in [0.2, 0.25) is 5.91 Å². The molecule has 17 heavy (non-hydrogen) atoms. The van der Waals surface area contributed by atoms with Crippen molar-refractivity contribution in [2.45, 2.75) is 13.3 Å². The first-order valence-electron chi connectivity index (χ1n) is 4.86. The summed E-state index contributed by atoms with van der Waals surface area (Å²) in [4.78, 5) is 22.6. The topological polar surface area (TPSA) is 57.6 Å². The molecule has 0 atom stereocenters. The van der Waals surface area contributed by atoms with Gasteiger partial charge in [0.25, 0.3) is 0 Å². The number of rotatable bonds is 4. The van der Waals surface area contributed by atoms with Gasteiger partial charge in [0.05, 0.1) is 12.1 Å². The minimum Gasteiger partial charge on any atom is -0.481 e. The van der Waals surface area contributed by atoms with Crippen LogP contribution in [0.4, 0.5) is 14.5 Å². The van der Waals surface area contributed by atoms with Crippen LogP contribution in [0.3, 0.4) is 0 Å². The van der Waals surface area contributed by atoms with Crippen LogP contribution in [0.15, 0.2) is 18.2 Å². The van der Waals surface area contributed by atoms with Gasteiger partial charge in [-0.25, -0.2) is 8.78 Å². The third kappa shape index (κ3) is 3.51. The third-order valence-electron chi connectivity index (χ3n) is 2.13. The van der Waals surface area contributed by atoms with E-state index in [1.165, 1.54) is 6.92 Å². The van der Waals surface area contributed by atoms with Gasteiger partial charge in [0.1, 0.15) is 11.6 Å². The average Bonchev–Trinajstić information content (AvgIpc) is 2.20. The van der Waals surface area contributed by atoms with Gasteiger partial charge in [-0.05, 0) is 12.1 Å². The Kier molecular flexibility index (Phi) is 4.14. The molecule has 6 heteroatoms. The average molecular weight is 243 g/mol. The molecule has 0 aromatic heterocycles. The summed E-state index contributed by atoms with van der Waals surface area (Å²) in [7, 11) is 0. The number of anilines is 1. The number of carboxylic acid groups (broad SMARTS) is 1. The molecule has 0 unspecified atom stereocenters. The van der Waals surface area contributed by atoms with E-state index in [1.54, 1.807) is 0 Å². The molecule has 4 nitrogen and oxygen atoms in total. The van der Waals surface area contributed by atoms with E-state index in [0.717, 1.165) is 17.0 Å². The van der Waals surface area contributed by atoms with Crippen molar-refractivity contribution < 1.29 is 23.5 Å². The Morgan fingerprint density at radius 3 is 2.47 bits per heavy atom. The van der Waals surface area contributed by atoms with Crippen molar-refractivity contribution in [3.05, 3.63) is 29.8 Å². The zero-order chi connectivity index (χ0) is 13.0. The normalized spacial score (nSPS) is 10.1. The SMILES string of the molecule is CC(=O)N(CCC(=O)O)c1ccc(F)cc1F. The second-order valence-electron chi connectivity index (χ2n) is 3.41. The molecule has 92 valence electrons. The van der Waals surface area contributed by atoms with Crippen molar-refractivity contribution in [1.82, 2.24) is 0 Å². The lowest BCUT2D eigenvalue weighted by molar-refractivity contribution is -0.136. The Morgan fingerprint density at radius 1 is 1.35 bits per heavy atom. The molecule has 1 rings (SSSR count). The predicted octanol–water partition coefficient (Wildman–Crippen LogP) is 1.79. The highest BCUT2D eigenvalue weighted by molar-refractivity contribution is 5.92. The van der Waals surface area contributed by atoms with Gasteiger partial charge in [-0.3, -0.25) is 9.59 Å². The summed E-state index contributed by atoms with van der Waals surface area (Å²) in [6.07, 6.45) is -0.309. The number of aliphatic carboxylic acids is 1. The fourth-order valence-corrected chi connectivity index (χ4v) is 1.36. The van der Waals surface area contributed by atoms with Gasteiger partial charge in [-0.2, -0.15) is 0 Å². The standard InChI is InChI=1S/C11H11F2NO3/c1-7(15)14(5-4-11(16)17)10-3-2-8(12)6-9(10)13/h2-3,6H,4-5H2,1H3,(H,16,17). The van der Waals surface area contributed by atoms with Crippen LogP contribution in [0.5, 0.6) is 0 Å². The van der Waals surface area contributed by atoms with Crippen molar-refractivity contribution in [3.63, 3.8) is 0 Å². The van der Waals surface area contributed by atoms with Gasteiger partial charge in [-0.1, -0.05) is 0 Å². The van der Waals surface area contributed by atoms with Crippen LogP contribution in [0.25, 0.3) is 0 Å². The second-order valence-corrected chi connectivity index (χ2v) is 3.41. The van der Waals surface area contributed by atoms with Crippen molar-refractivity contribution in [2.24, 2.45) is 0 Å². The first kappa shape index (κ1) is 13.1. The zero-order valence-corrected chi connectivity index (χ0v) is 9.11. The largest absolute Gasteiger partial charge is 0.481 e. The van der Waals surface area contributed by atoms with E-state index >= 15 is 0 Å². The van der Waals surface area contributed by atoms with E-state index in [-0.39, 0.29) is 18.7 Å². The number of carboxylic acids is 1. The Hall–Kier alpha value is -1.98. The Morgan fingerprint density at radius 2 is 2.00 bits per heavy atom. The van der Waals surface area contributed by atoms with Crippen molar-refractivity contribution in [3.8, 4) is 0 Å². The van der Waals surface area contributed by atoms with Gasteiger partial charge in [-0.15, -0.1) is 0 Å². The second kappa shape index (κ2) is 5.38. The molecule has 0 radical (unpaired) electrons. The number of halogens is 2. The monoisotopic (exact) mass is 243 g/mol. The van der Waals surface area contributed by atoms with Crippen LogP contribution in [-0.2, 0) is 9.59 Å². The molecule has 0 saturated carbocycles. The lowest BCUT2D eigenvalue weighted by atomic mass is 10.2. The van der Waals surface area contributed by atoms with E-state index in [9.17, 15) is 18.4 Å². The Labute approximate surface area is 96.5 Å². The molecule has 0 saturated heterocycles. The highest BCUT2D eigenvalue weighted by Gasteiger charge is 2.17. The zero-order valence-electron chi connectivity index (χ0n) is 9.11. The van der Waals surface area contributed by atoms with Crippen molar-refractivity contribution in [1.29, 1.82) is 0 Å². The maximum absolute atomic E-state index is 13.4. The minimum absolute atomic E-state index is 0.125. The molecule has 0 aliphatic rings. The summed E-state index contributed by atoms with van der Waals surface area (Å²) in [5.74, 6) is -3.26. The van der Waals surface area contributed by atoms with E-state index in [4.69, 9.17) is 5.11 Å². The van der Waals surface area contributed by atoms with E-state index in [1.807, 2.05) is 0 Å². The quantitative estimate of drug-likeness (QED) is 0.877. The molecule has 0 aliphatic heterocycles. The Bertz CT molecular complexity index is 448. The number of carbonyl (C=O) groups excluding carboxylic acids is 1. The fourth-order valence-electron chi connectivity index (χ4n) is 1.36. The van der Waals surface area contributed by atoms with Gasteiger partial charge in [0, 0.05) is 19.5 Å². The van der Waals surface area contributed by atoms with Crippen LogP contribution in [0.1, 0.15) is 13.3 Å². The summed E-state index contributed by atoms with van der Waals surface area (Å²) in [6.45, 7) is 1.03. The first-order valence-corrected chi connectivity index (χ1v) is 4.86. The highest BCUT2D eigenvalue weighted by Crippen LogP contribution is 2.20. The first-order chi connectivity index (χ1) is 7.91.